The third-order valence-electron chi connectivity index (χ3n) is 5.68. The number of carbonyl (C=O) groups excluding carboxylic acids is 2. The molecule has 29 heavy (non-hydrogen) atoms. The first kappa shape index (κ1) is 19.5. The van der Waals surface area contributed by atoms with Crippen LogP contribution in [0.25, 0.3) is 0 Å². The highest BCUT2D eigenvalue weighted by Crippen LogP contribution is 2.21. The van der Waals surface area contributed by atoms with Crippen molar-refractivity contribution < 1.29 is 14.3 Å². The van der Waals surface area contributed by atoms with Gasteiger partial charge in [-0.05, 0) is 49.2 Å². The van der Waals surface area contributed by atoms with Crippen molar-refractivity contribution in [2.24, 2.45) is 0 Å². The minimum Gasteiger partial charge on any atom is -0.447 e. The second-order valence-electron chi connectivity index (χ2n) is 7.63. The highest BCUT2D eigenvalue weighted by Gasteiger charge is 2.25. The third-order valence-corrected chi connectivity index (χ3v) is 5.68. The van der Waals surface area contributed by atoms with Gasteiger partial charge < -0.3 is 10.1 Å². The number of hydrogen-bond donors (Lipinski definition) is 1. The van der Waals surface area contributed by atoms with E-state index in [-0.39, 0.29) is 12.0 Å². The van der Waals surface area contributed by atoms with E-state index in [2.05, 4.69) is 34.5 Å². The molecule has 2 aromatic rings. The fourth-order valence-corrected chi connectivity index (χ4v) is 4.05. The van der Waals surface area contributed by atoms with Crippen LogP contribution in [-0.2, 0) is 11.3 Å². The zero-order chi connectivity index (χ0) is 20.1. The van der Waals surface area contributed by atoms with Gasteiger partial charge >= 0.3 is 6.09 Å². The molecule has 1 atom stereocenters. The van der Waals surface area contributed by atoms with Gasteiger partial charge in [0.1, 0.15) is 6.61 Å². The lowest BCUT2D eigenvalue weighted by Gasteiger charge is -2.36. The molecule has 2 fully saturated rings. The molecule has 2 saturated heterocycles. The van der Waals surface area contributed by atoms with Crippen LogP contribution in [0.15, 0.2) is 54.6 Å². The Bertz CT molecular complexity index is 838. The van der Waals surface area contributed by atoms with E-state index in [1.807, 2.05) is 6.07 Å². The Morgan fingerprint density at radius 1 is 1.03 bits per heavy atom. The number of nitrogens with zero attached hydrogens (tertiary/aromatic N) is 2. The van der Waals surface area contributed by atoms with Crippen LogP contribution in [0.5, 0.6) is 0 Å². The standard InChI is InChI=1S/C23H27N3O3/c27-22(19-9-11-20(12-10-19)26-14-15-29-23(26)28)24-16-21-8-4-5-13-25(21)17-18-6-2-1-3-7-18/h1-3,6-7,9-12,21H,4-5,8,13-17H2,(H,24,27). The lowest BCUT2D eigenvalue weighted by molar-refractivity contribution is 0.0907. The molecule has 0 aliphatic carbocycles. The number of cyclic esters (lactones) is 1. The van der Waals surface area contributed by atoms with Crippen molar-refractivity contribution in [2.45, 2.75) is 31.8 Å². The molecule has 0 spiro atoms. The molecule has 0 aromatic heterocycles. The summed E-state index contributed by atoms with van der Waals surface area (Å²) in [6, 6.07) is 18.0. The number of ether oxygens (including phenoxy) is 1. The summed E-state index contributed by atoms with van der Waals surface area (Å²) in [5.41, 5.74) is 2.67. The van der Waals surface area contributed by atoms with Gasteiger partial charge in [0.05, 0.1) is 6.54 Å². The summed E-state index contributed by atoms with van der Waals surface area (Å²) in [6.45, 7) is 3.58. The molecule has 2 aromatic carbocycles. The number of rotatable bonds is 6. The maximum Gasteiger partial charge on any atom is 0.414 e. The number of amides is 2. The number of nitrogens with one attached hydrogen (secondary N) is 1. The molecule has 2 aliphatic heterocycles. The van der Waals surface area contributed by atoms with Crippen molar-refractivity contribution in [1.82, 2.24) is 10.2 Å². The van der Waals surface area contributed by atoms with Gasteiger partial charge in [0.2, 0.25) is 0 Å². The highest BCUT2D eigenvalue weighted by atomic mass is 16.6. The van der Waals surface area contributed by atoms with E-state index in [0.29, 0.717) is 31.3 Å². The smallest absolute Gasteiger partial charge is 0.414 e. The fraction of sp³-hybridized carbons (Fsp3) is 0.391. The molecule has 2 amide bonds. The Balaban J connectivity index is 1.33. The predicted octanol–water partition coefficient (Wildman–Crippen LogP) is 3.43. The minimum absolute atomic E-state index is 0.0780. The Kier molecular flexibility index (Phi) is 6.10. The number of hydrogen-bond acceptors (Lipinski definition) is 4. The van der Waals surface area contributed by atoms with Crippen LogP contribution in [0.3, 0.4) is 0 Å². The van der Waals surface area contributed by atoms with Gasteiger partial charge in [0.15, 0.2) is 0 Å². The van der Waals surface area contributed by atoms with Crippen molar-refractivity contribution in [3.8, 4) is 0 Å². The van der Waals surface area contributed by atoms with Crippen molar-refractivity contribution in [2.75, 3.05) is 31.1 Å². The average molecular weight is 393 g/mol. The Morgan fingerprint density at radius 3 is 2.55 bits per heavy atom. The van der Waals surface area contributed by atoms with Crippen molar-refractivity contribution in [3.63, 3.8) is 0 Å². The number of benzene rings is 2. The third kappa shape index (κ3) is 4.77. The Morgan fingerprint density at radius 2 is 1.83 bits per heavy atom. The molecular weight excluding hydrogens is 366 g/mol. The SMILES string of the molecule is O=C(NCC1CCCCN1Cc1ccccc1)c1ccc(N2CCOC2=O)cc1. The van der Waals surface area contributed by atoms with Gasteiger partial charge in [-0.25, -0.2) is 4.79 Å². The van der Waals surface area contributed by atoms with Crippen molar-refractivity contribution >= 4 is 17.7 Å². The van der Waals surface area contributed by atoms with Crippen molar-refractivity contribution in [1.29, 1.82) is 0 Å². The zero-order valence-corrected chi connectivity index (χ0v) is 16.5. The largest absolute Gasteiger partial charge is 0.447 e. The maximum atomic E-state index is 12.6. The topological polar surface area (TPSA) is 61.9 Å². The first-order valence-corrected chi connectivity index (χ1v) is 10.3. The van der Waals surface area contributed by atoms with Gasteiger partial charge in [-0.3, -0.25) is 14.6 Å². The maximum absolute atomic E-state index is 12.6. The van der Waals surface area contributed by atoms with E-state index in [9.17, 15) is 9.59 Å². The monoisotopic (exact) mass is 393 g/mol. The minimum atomic E-state index is -0.335. The first-order chi connectivity index (χ1) is 14.2. The number of carbonyl (C=O) groups is 2. The highest BCUT2D eigenvalue weighted by molar-refractivity contribution is 5.95. The first-order valence-electron chi connectivity index (χ1n) is 10.3. The molecule has 1 N–H and O–H groups in total. The number of piperidine rings is 1. The summed E-state index contributed by atoms with van der Waals surface area (Å²) in [7, 11) is 0. The lowest BCUT2D eigenvalue weighted by Crippen LogP contribution is -2.46. The molecule has 0 bridgehead atoms. The van der Waals surface area contributed by atoms with Crippen LogP contribution >= 0.6 is 0 Å². The van der Waals surface area contributed by atoms with Gasteiger partial charge in [-0.1, -0.05) is 36.8 Å². The quantitative estimate of drug-likeness (QED) is 0.817. The summed E-state index contributed by atoms with van der Waals surface area (Å²) in [6.07, 6.45) is 3.17. The molecule has 0 saturated carbocycles. The summed E-state index contributed by atoms with van der Waals surface area (Å²) in [4.78, 5) is 28.3. The molecule has 6 nitrogen and oxygen atoms in total. The average Bonchev–Trinajstić information content (AvgIpc) is 3.19. The normalized spacial score (nSPS) is 19.8. The van der Waals surface area contributed by atoms with E-state index < -0.39 is 0 Å². The molecule has 1 unspecified atom stereocenters. The molecule has 2 aliphatic rings. The molecular formula is C23H27N3O3. The van der Waals surface area contributed by atoms with Crippen LogP contribution in [0, 0.1) is 0 Å². The van der Waals surface area contributed by atoms with Gasteiger partial charge in [-0.15, -0.1) is 0 Å². The summed E-state index contributed by atoms with van der Waals surface area (Å²) >= 11 is 0. The number of anilines is 1. The molecule has 6 heteroatoms. The summed E-state index contributed by atoms with van der Waals surface area (Å²) in [5, 5.41) is 3.10. The molecule has 0 radical (unpaired) electrons. The van der Waals surface area contributed by atoms with Crippen LogP contribution in [-0.4, -0.2) is 49.2 Å². The fourth-order valence-electron chi connectivity index (χ4n) is 4.05. The van der Waals surface area contributed by atoms with E-state index in [1.54, 1.807) is 29.2 Å². The van der Waals surface area contributed by atoms with Gasteiger partial charge in [0, 0.05) is 30.4 Å². The number of likely N-dealkylation sites (tertiary alicyclic amines) is 1. The molecule has 4 rings (SSSR count). The van der Waals surface area contributed by atoms with Crippen molar-refractivity contribution in [3.05, 3.63) is 65.7 Å². The van der Waals surface area contributed by atoms with Crippen LogP contribution < -0.4 is 10.2 Å². The second-order valence-corrected chi connectivity index (χ2v) is 7.63. The summed E-state index contributed by atoms with van der Waals surface area (Å²) < 4.78 is 4.96. The Labute approximate surface area is 171 Å². The molecule has 2 heterocycles. The Hall–Kier alpha value is -2.86. The van der Waals surface area contributed by atoms with E-state index >= 15 is 0 Å². The van der Waals surface area contributed by atoms with E-state index in [1.165, 1.54) is 18.4 Å². The zero-order valence-electron chi connectivity index (χ0n) is 16.5. The summed E-state index contributed by atoms with van der Waals surface area (Å²) in [5.74, 6) is -0.0780. The lowest BCUT2D eigenvalue weighted by atomic mass is 10.0. The van der Waals surface area contributed by atoms with Crippen LogP contribution in [0.1, 0.15) is 35.2 Å². The second kappa shape index (κ2) is 9.09. The van der Waals surface area contributed by atoms with Gasteiger partial charge in [0.25, 0.3) is 5.91 Å². The van der Waals surface area contributed by atoms with E-state index in [4.69, 9.17) is 4.74 Å². The van der Waals surface area contributed by atoms with Crippen LogP contribution in [0.2, 0.25) is 0 Å². The van der Waals surface area contributed by atoms with E-state index in [0.717, 1.165) is 25.2 Å². The van der Waals surface area contributed by atoms with Crippen LogP contribution in [0.4, 0.5) is 10.5 Å². The molecule has 152 valence electrons. The van der Waals surface area contributed by atoms with Gasteiger partial charge in [-0.2, -0.15) is 0 Å². The predicted molar refractivity (Wildman–Crippen MR) is 112 cm³/mol.